The number of hydrogen-bond acceptors (Lipinski definition) is 5. The molecule has 7 heteroatoms. The Hall–Kier alpha value is -2.70. The van der Waals surface area contributed by atoms with E-state index in [1.807, 2.05) is 0 Å². The fourth-order valence-electron chi connectivity index (χ4n) is 1.67. The number of carbonyl (C=O) groups excluding carboxylic acids is 2. The van der Waals surface area contributed by atoms with Gasteiger partial charge in [0.2, 0.25) is 0 Å². The van der Waals surface area contributed by atoms with Crippen LogP contribution in [0.5, 0.6) is 0 Å². The highest BCUT2D eigenvalue weighted by Gasteiger charge is 2.12. The monoisotopic (exact) mass is 288 g/mol. The summed E-state index contributed by atoms with van der Waals surface area (Å²) in [7, 11) is 3.35. The van der Waals surface area contributed by atoms with Crippen molar-refractivity contribution >= 4 is 11.9 Å². The van der Waals surface area contributed by atoms with Crippen LogP contribution in [0.25, 0.3) is 5.82 Å². The first-order chi connectivity index (χ1) is 10.0. The molecule has 110 valence electrons. The maximum absolute atomic E-state index is 11.8. The highest BCUT2D eigenvalue weighted by Crippen LogP contribution is 2.09. The lowest BCUT2D eigenvalue weighted by Crippen LogP contribution is -2.21. The zero-order valence-electron chi connectivity index (χ0n) is 12.1. The molecule has 2 aromatic rings. The Morgan fingerprint density at radius 2 is 2.00 bits per heavy atom. The molecule has 2 rings (SSSR count). The molecule has 0 atom stereocenters. The van der Waals surface area contributed by atoms with Crippen LogP contribution in [0.15, 0.2) is 30.7 Å². The maximum atomic E-state index is 11.8. The van der Waals surface area contributed by atoms with Gasteiger partial charge < -0.3 is 9.64 Å². The number of aromatic nitrogens is 3. The van der Waals surface area contributed by atoms with Crippen molar-refractivity contribution in [3.8, 4) is 5.82 Å². The zero-order chi connectivity index (χ0) is 15.4. The molecular weight excluding hydrogens is 272 g/mol. The summed E-state index contributed by atoms with van der Waals surface area (Å²) in [4.78, 5) is 29.0. The number of amides is 1. The van der Waals surface area contributed by atoms with E-state index in [1.165, 1.54) is 28.2 Å². The van der Waals surface area contributed by atoms with E-state index >= 15 is 0 Å². The molecule has 0 radical (unpaired) electrons. The van der Waals surface area contributed by atoms with E-state index in [2.05, 4.69) is 10.1 Å². The molecule has 7 nitrogen and oxygen atoms in total. The number of carbonyl (C=O) groups is 2. The maximum Gasteiger partial charge on any atom is 0.341 e. The van der Waals surface area contributed by atoms with Gasteiger partial charge in [-0.2, -0.15) is 5.10 Å². The van der Waals surface area contributed by atoms with Crippen molar-refractivity contribution in [3.63, 3.8) is 0 Å². The Bertz CT molecular complexity index is 646. The molecule has 0 saturated heterocycles. The van der Waals surface area contributed by atoms with Crippen molar-refractivity contribution < 1.29 is 14.3 Å². The van der Waals surface area contributed by atoms with Crippen LogP contribution < -0.4 is 0 Å². The van der Waals surface area contributed by atoms with Gasteiger partial charge in [0, 0.05) is 26.5 Å². The molecule has 0 N–H and O–H groups in total. The summed E-state index contributed by atoms with van der Waals surface area (Å²) in [5.74, 6) is -0.0364. The third kappa shape index (κ3) is 3.25. The lowest BCUT2D eigenvalue weighted by atomic mass is 10.2. The number of hydrogen-bond donors (Lipinski definition) is 0. The first kappa shape index (κ1) is 14.7. The molecule has 21 heavy (non-hydrogen) atoms. The minimum Gasteiger partial charge on any atom is -0.462 e. The van der Waals surface area contributed by atoms with E-state index in [9.17, 15) is 9.59 Å². The Kier molecular flexibility index (Phi) is 4.32. The average molecular weight is 288 g/mol. The summed E-state index contributed by atoms with van der Waals surface area (Å²) in [6.07, 6.45) is 4.43. The standard InChI is InChI=1S/C14H16N4O3/c1-4-21-14(20)11-8-16-18(9-11)12-6-5-10(7-15-12)13(19)17(2)3/h5-9H,4H2,1-3H3. The molecule has 0 saturated carbocycles. The van der Waals surface area contributed by atoms with Crippen LogP contribution in [0, 0.1) is 0 Å². The molecule has 0 aromatic carbocycles. The smallest absolute Gasteiger partial charge is 0.341 e. The topological polar surface area (TPSA) is 77.3 Å². The largest absolute Gasteiger partial charge is 0.462 e. The number of ether oxygens (including phenoxy) is 1. The van der Waals surface area contributed by atoms with E-state index in [0.717, 1.165) is 0 Å². The second-order valence-electron chi connectivity index (χ2n) is 4.50. The van der Waals surface area contributed by atoms with E-state index in [4.69, 9.17) is 4.74 Å². The van der Waals surface area contributed by atoms with Gasteiger partial charge in [-0.05, 0) is 19.1 Å². The van der Waals surface area contributed by atoms with Crippen LogP contribution in [-0.4, -0.2) is 52.2 Å². The van der Waals surface area contributed by atoms with Gasteiger partial charge in [-0.3, -0.25) is 4.79 Å². The van der Waals surface area contributed by atoms with Gasteiger partial charge in [-0.1, -0.05) is 0 Å². The Balaban J connectivity index is 2.19. The normalized spacial score (nSPS) is 10.2. The molecule has 0 bridgehead atoms. The molecule has 0 unspecified atom stereocenters. The predicted octanol–water partition coefficient (Wildman–Crippen LogP) is 1.15. The van der Waals surface area contributed by atoms with Crippen LogP contribution in [0.2, 0.25) is 0 Å². The van der Waals surface area contributed by atoms with Gasteiger partial charge in [0.25, 0.3) is 5.91 Å². The molecule has 0 aliphatic carbocycles. The van der Waals surface area contributed by atoms with Gasteiger partial charge in [0.1, 0.15) is 0 Å². The summed E-state index contributed by atoms with van der Waals surface area (Å²) < 4.78 is 6.35. The number of pyridine rings is 1. The summed E-state index contributed by atoms with van der Waals surface area (Å²) in [5.41, 5.74) is 0.841. The Morgan fingerprint density at radius 1 is 1.24 bits per heavy atom. The van der Waals surface area contributed by atoms with Crippen LogP contribution >= 0.6 is 0 Å². The lowest BCUT2D eigenvalue weighted by Gasteiger charge is -2.09. The first-order valence-corrected chi connectivity index (χ1v) is 6.42. The number of nitrogens with zero attached hydrogens (tertiary/aromatic N) is 4. The van der Waals surface area contributed by atoms with E-state index in [1.54, 1.807) is 33.2 Å². The zero-order valence-corrected chi connectivity index (χ0v) is 12.1. The SMILES string of the molecule is CCOC(=O)c1cnn(-c2ccc(C(=O)N(C)C)cn2)c1. The third-order valence-electron chi connectivity index (χ3n) is 2.73. The van der Waals surface area contributed by atoms with Crippen molar-refractivity contribution in [1.29, 1.82) is 0 Å². The molecular formula is C14H16N4O3. The molecule has 2 aromatic heterocycles. The third-order valence-corrected chi connectivity index (χ3v) is 2.73. The molecule has 0 aliphatic rings. The highest BCUT2D eigenvalue weighted by molar-refractivity contribution is 5.93. The van der Waals surface area contributed by atoms with Crippen molar-refractivity contribution in [2.45, 2.75) is 6.92 Å². The quantitative estimate of drug-likeness (QED) is 0.789. The fraction of sp³-hybridized carbons (Fsp3) is 0.286. The minimum absolute atomic E-state index is 0.123. The summed E-state index contributed by atoms with van der Waals surface area (Å²) >= 11 is 0. The van der Waals surface area contributed by atoms with Crippen LogP contribution in [0.3, 0.4) is 0 Å². The number of rotatable bonds is 4. The van der Waals surface area contributed by atoms with Crippen LogP contribution in [0.1, 0.15) is 27.6 Å². The summed E-state index contributed by atoms with van der Waals surface area (Å²) in [5, 5.41) is 4.06. The van der Waals surface area contributed by atoms with Crippen LogP contribution in [-0.2, 0) is 4.74 Å². The second kappa shape index (κ2) is 6.17. The average Bonchev–Trinajstić information content (AvgIpc) is 2.96. The Morgan fingerprint density at radius 3 is 2.57 bits per heavy atom. The fourth-order valence-corrected chi connectivity index (χ4v) is 1.67. The van der Waals surface area contributed by atoms with Gasteiger partial charge >= 0.3 is 5.97 Å². The van der Waals surface area contributed by atoms with Crippen LogP contribution in [0.4, 0.5) is 0 Å². The highest BCUT2D eigenvalue weighted by atomic mass is 16.5. The van der Waals surface area contributed by atoms with Gasteiger partial charge in [-0.15, -0.1) is 0 Å². The van der Waals surface area contributed by atoms with Gasteiger partial charge in [0.15, 0.2) is 5.82 Å². The van der Waals surface area contributed by atoms with E-state index in [0.29, 0.717) is 23.6 Å². The second-order valence-corrected chi connectivity index (χ2v) is 4.50. The van der Waals surface area contributed by atoms with E-state index < -0.39 is 5.97 Å². The molecule has 0 fully saturated rings. The van der Waals surface area contributed by atoms with Gasteiger partial charge in [0.05, 0.1) is 23.9 Å². The van der Waals surface area contributed by atoms with Crippen molar-refractivity contribution in [2.75, 3.05) is 20.7 Å². The molecule has 0 spiro atoms. The minimum atomic E-state index is -0.428. The Labute approximate surface area is 122 Å². The first-order valence-electron chi connectivity index (χ1n) is 6.42. The van der Waals surface area contributed by atoms with Crippen molar-refractivity contribution in [2.24, 2.45) is 0 Å². The number of esters is 1. The van der Waals surface area contributed by atoms with Crippen molar-refractivity contribution in [1.82, 2.24) is 19.7 Å². The summed E-state index contributed by atoms with van der Waals surface area (Å²) in [6.45, 7) is 2.05. The predicted molar refractivity (Wildman–Crippen MR) is 75.3 cm³/mol. The molecule has 2 heterocycles. The summed E-state index contributed by atoms with van der Waals surface area (Å²) in [6, 6.07) is 3.33. The molecule has 1 amide bonds. The van der Waals surface area contributed by atoms with Crippen molar-refractivity contribution in [3.05, 3.63) is 41.9 Å². The molecule has 0 aliphatic heterocycles. The van der Waals surface area contributed by atoms with E-state index in [-0.39, 0.29) is 5.91 Å². The lowest BCUT2D eigenvalue weighted by molar-refractivity contribution is 0.0526. The van der Waals surface area contributed by atoms with Gasteiger partial charge in [-0.25, -0.2) is 14.5 Å².